The Kier molecular flexibility index (Phi) is 4.20. The molecule has 5 heteroatoms. The molecule has 0 atom stereocenters. The van der Waals surface area contributed by atoms with E-state index in [2.05, 4.69) is 4.98 Å². The van der Waals surface area contributed by atoms with Crippen LogP contribution in [0.25, 0.3) is 11.3 Å². The zero-order chi connectivity index (χ0) is 16.1. The van der Waals surface area contributed by atoms with Gasteiger partial charge in [0.05, 0.1) is 11.9 Å². The van der Waals surface area contributed by atoms with Crippen LogP contribution in [0.5, 0.6) is 23.0 Å². The minimum absolute atomic E-state index is 0.135. The summed E-state index contributed by atoms with van der Waals surface area (Å²) < 4.78 is 10.4. The zero-order valence-electron chi connectivity index (χ0n) is 12.0. The van der Waals surface area contributed by atoms with E-state index in [1.165, 1.54) is 6.20 Å². The second-order valence-corrected chi connectivity index (χ2v) is 4.71. The van der Waals surface area contributed by atoms with E-state index in [-0.39, 0.29) is 5.75 Å². The number of benzene rings is 2. The molecule has 0 bridgehead atoms. The molecule has 0 spiro atoms. The highest BCUT2D eigenvalue weighted by atomic mass is 16.5. The van der Waals surface area contributed by atoms with E-state index in [0.717, 1.165) is 11.3 Å². The lowest BCUT2D eigenvalue weighted by atomic mass is 10.1. The lowest BCUT2D eigenvalue weighted by molar-refractivity contribution is -0.120. The molecular formula is C18H13NO4. The van der Waals surface area contributed by atoms with Crippen LogP contribution in [0.3, 0.4) is 0 Å². The van der Waals surface area contributed by atoms with Gasteiger partial charge < -0.3 is 14.6 Å². The van der Waals surface area contributed by atoms with Gasteiger partial charge in [0.25, 0.3) is 6.47 Å². The minimum atomic E-state index is 0.135. The van der Waals surface area contributed by atoms with Gasteiger partial charge in [-0.3, -0.25) is 9.78 Å². The molecule has 0 saturated heterocycles. The maximum Gasteiger partial charge on any atom is 0.298 e. The van der Waals surface area contributed by atoms with Gasteiger partial charge in [0.15, 0.2) is 0 Å². The number of carbonyl (C=O) groups is 1. The third-order valence-corrected chi connectivity index (χ3v) is 3.14. The first-order chi connectivity index (χ1) is 11.2. The van der Waals surface area contributed by atoms with Gasteiger partial charge in [0.2, 0.25) is 0 Å². The van der Waals surface area contributed by atoms with Crippen molar-refractivity contribution in [2.45, 2.75) is 0 Å². The monoisotopic (exact) mass is 307 g/mol. The van der Waals surface area contributed by atoms with Crippen LogP contribution in [0.1, 0.15) is 0 Å². The summed E-state index contributed by atoms with van der Waals surface area (Å²) in [5.41, 5.74) is 1.69. The predicted molar refractivity (Wildman–Crippen MR) is 84.5 cm³/mol. The number of pyridine rings is 1. The van der Waals surface area contributed by atoms with Gasteiger partial charge >= 0.3 is 0 Å². The van der Waals surface area contributed by atoms with Crippen molar-refractivity contribution >= 4 is 6.47 Å². The summed E-state index contributed by atoms with van der Waals surface area (Å²) in [7, 11) is 0. The standard InChI is InChI=1S/C18H13NO4/c20-12-22-15-6-8-17(9-7-15)23-16-4-1-13(2-5-16)18-10-3-14(21)11-19-18/h1-12,21H. The molecule has 0 unspecified atom stereocenters. The summed E-state index contributed by atoms with van der Waals surface area (Å²) in [5, 5.41) is 9.25. The van der Waals surface area contributed by atoms with Crippen molar-refractivity contribution in [1.29, 1.82) is 0 Å². The van der Waals surface area contributed by atoms with Crippen molar-refractivity contribution in [2.24, 2.45) is 0 Å². The molecule has 1 aromatic heterocycles. The average molecular weight is 307 g/mol. The number of aromatic hydroxyl groups is 1. The van der Waals surface area contributed by atoms with Crippen LogP contribution in [0, 0.1) is 0 Å². The van der Waals surface area contributed by atoms with E-state index in [1.54, 1.807) is 36.4 Å². The Hall–Kier alpha value is -3.34. The Morgan fingerprint density at radius 2 is 1.43 bits per heavy atom. The summed E-state index contributed by atoms with van der Waals surface area (Å²) in [4.78, 5) is 14.4. The zero-order valence-corrected chi connectivity index (χ0v) is 12.0. The first kappa shape index (κ1) is 14.6. The van der Waals surface area contributed by atoms with Crippen LogP contribution in [-0.4, -0.2) is 16.6 Å². The van der Waals surface area contributed by atoms with Crippen molar-refractivity contribution in [3.63, 3.8) is 0 Å². The molecular weight excluding hydrogens is 294 g/mol. The maximum absolute atomic E-state index is 10.2. The average Bonchev–Trinajstić information content (AvgIpc) is 2.58. The highest BCUT2D eigenvalue weighted by Crippen LogP contribution is 2.26. The molecule has 5 nitrogen and oxygen atoms in total. The third-order valence-electron chi connectivity index (χ3n) is 3.14. The van der Waals surface area contributed by atoms with Crippen molar-refractivity contribution < 1.29 is 19.4 Å². The van der Waals surface area contributed by atoms with Crippen LogP contribution < -0.4 is 9.47 Å². The Balaban J connectivity index is 1.72. The van der Waals surface area contributed by atoms with Gasteiger partial charge in [-0.15, -0.1) is 0 Å². The van der Waals surface area contributed by atoms with Gasteiger partial charge in [-0.2, -0.15) is 0 Å². The quantitative estimate of drug-likeness (QED) is 0.726. The maximum atomic E-state index is 10.2. The first-order valence-electron chi connectivity index (χ1n) is 6.88. The fourth-order valence-corrected chi connectivity index (χ4v) is 2.03. The first-order valence-corrected chi connectivity index (χ1v) is 6.88. The van der Waals surface area contributed by atoms with Gasteiger partial charge in [-0.05, 0) is 60.7 Å². The predicted octanol–water partition coefficient (Wildman–Crippen LogP) is 3.78. The number of carbonyl (C=O) groups excluding carboxylic acids is 1. The van der Waals surface area contributed by atoms with Crippen molar-refractivity contribution in [1.82, 2.24) is 4.98 Å². The molecule has 0 fully saturated rings. The lowest BCUT2D eigenvalue weighted by Crippen LogP contribution is -1.89. The molecule has 3 rings (SSSR count). The Morgan fingerprint density at radius 1 is 0.826 bits per heavy atom. The van der Waals surface area contributed by atoms with Gasteiger partial charge in [-0.25, -0.2) is 0 Å². The molecule has 114 valence electrons. The summed E-state index contributed by atoms with van der Waals surface area (Å²) >= 11 is 0. The van der Waals surface area contributed by atoms with E-state index in [1.807, 2.05) is 24.3 Å². The van der Waals surface area contributed by atoms with Crippen LogP contribution in [-0.2, 0) is 4.79 Å². The summed E-state index contributed by atoms with van der Waals surface area (Å²) in [6.07, 6.45) is 1.41. The molecule has 0 saturated carbocycles. The minimum Gasteiger partial charge on any atom is -0.506 e. The number of hydrogen-bond donors (Lipinski definition) is 1. The number of aromatic nitrogens is 1. The van der Waals surface area contributed by atoms with E-state index in [4.69, 9.17) is 9.47 Å². The number of ether oxygens (including phenoxy) is 2. The van der Waals surface area contributed by atoms with Crippen LogP contribution in [0.2, 0.25) is 0 Å². The normalized spacial score (nSPS) is 10.1. The Morgan fingerprint density at radius 3 is 2.00 bits per heavy atom. The number of hydrogen-bond acceptors (Lipinski definition) is 5. The molecule has 0 radical (unpaired) electrons. The second-order valence-electron chi connectivity index (χ2n) is 4.71. The van der Waals surface area contributed by atoms with Crippen molar-refractivity contribution in [3.05, 3.63) is 66.9 Å². The smallest absolute Gasteiger partial charge is 0.298 e. The molecule has 23 heavy (non-hydrogen) atoms. The third kappa shape index (κ3) is 3.65. The molecule has 0 aliphatic carbocycles. The molecule has 0 amide bonds. The SMILES string of the molecule is O=COc1ccc(Oc2ccc(-c3ccc(O)cn3)cc2)cc1. The van der Waals surface area contributed by atoms with Gasteiger partial charge in [0, 0.05) is 5.56 Å². The molecule has 1 heterocycles. The Labute approximate surface area is 132 Å². The molecule has 1 N–H and O–H groups in total. The number of nitrogens with zero attached hydrogens (tertiary/aromatic N) is 1. The van der Waals surface area contributed by atoms with E-state index >= 15 is 0 Å². The molecule has 0 aliphatic heterocycles. The second kappa shape index (κ2) is 6.62. The molecule has 0 aliphatic rings. The fraction of sp³-hybridized carbons (Fsp3) is 0. The topological polar surface area (TPSA) is 68.7 Å². The van der Waals surface area contributed by atoms with Gasteiger partial charge in [-0.1, -0.05) is 0 Å². The largest absolute Gasteiger partial charge is 0.506 e. The summed E-state index contributed by atoms with van der Waals surface area (Å²) in [6.45, 7) is 0.381. The van der Waals surface area contributed by atoms with Crippen molar-refractivity contribution in [3.8, 4) is 34.3 Å². The van der Waals surface area contributed by atoms with Crippen LogP contribution >= 0.6 is 0 Å². The molecule has 2 aromatic carbocycles. The van der Waals surface area contributed by atoms with E-state index in [0.29, 0.717) is 23.7 Å². The molecule has 3 aromatic rings. The summed E-state index contributed by atoms with van der Waals surface area (Å²) in [5.74, 6) is 1.91. The number of rotatable bonds is 5. The van der Waals surface area contributed by atoms with Crippen LogP contribution in [0.4, 0.5) is 0 Å². The fourth-order valence-electron chi connectivity index (χ4n) is 2.03. The highest BCUT2D eigenvalue weighted by molar-refractivity contribution is 5.60. The summed E-state index contributed by atoms with van der Waals surface area (Å²) in [6, 6.07) is 17.5. The van der Waals surface area contributed by atoms with Crippen LogP contribution in [0.15, 0.2) is 66.9 Å². The van der Waals surface area contributed by atoms with Crippen molar-refractivity contribution in [2.75, 3.05) is 0 Å². The van der Waals surface area contributed by atoms with E-state index in [9.17, 15) is 9.90 Å². The van der Waals surface area contributed by atoms with E-state index < -0.39 is 0 Å². The lowest BCUT2D eigenvalue weighted by Gasteiger charge is -2.07. The Bertz CT molecular complexity index is 781. The highest BCUT2D eigenvalue weighted by Gasteiger charge is 2.02. The van der Waals surface area contributed by atoms with Gasteiger partial charge in [0.1, 0.15) is 23.0 Å².